The Kier molecular flexibility index (Phi) is 9.12. The fourth-order valence-corrected chi connectivity index (χ4v) is 2.61. The maximum atomic E-state index is 12.2. The average molecular weight is 415 g/mol. The number of hydrogen-bond donors (Lipinski definition) is 1. The average Bonchev–Trinajstić information content (AvgIpc) is 2.75. The fourth-order valence-electron chi connectivity index (χ4n) is 2.61. The van der Waals surface area contributed by atoms with Gasteiger partial charge in [0.1, 0.15) is 12.7 Å². The van der Waals surface area contributed by atoms with Crippen molar-refractivity contribution in [2.45, 2.75) is 39.7 Å². The Hall–Kier alpha value is -3.09. The minimum atomic E-state index is -0.608. The van der Waals surface area contributed by atoms with E-state index in [1.54, 1.807) is 26.0 Å². The summed E-state index contributed by atoms with van der Waals surface area (Å²) in [6.07, 6.45) is 0.0347. The number of hydrogen-bond acceptors (Lipinski definition) is 6. The van der Waals surface area contributed by atoms with Crippen LogP contribution in [0.15, 0.2) is 42.5 Å². The molecule has 7 heteroatoms. The monoisotopic (exact) mass is 415 g/mol. The van der Waals surface area contributed by atoms with Crippen molar-refractivity contribution in [2.24, 2.45) is 5.92 Å². The largest absolute Gasteiger partial charge is 0.464 e. The van der Waals surface area contributed by atoms with E-state index in [1.807, 2.05) is 37.3 Å². The van der Waals surface area contributed by atoms with Gasteiger partial charge in [0.25, 0.3) is 0 Å². The van der Waals surface area contributed by atoms with Gasteiger partial charge in [-0.25, -0.2) is 9.59 Å². The van der Waals surface area contributed by atoms with E-state index in [0.717, 1.165) is 10.8 Å². The smallest absolute Gasteiger partial charge is 0.407 e. The standard InChI is InChI=1S/C23H29NO6/c1-4-16(2)21(25)29-14-12-24-23(27)30-17(3)11-13-28-22(26)20-10-9-18-7-5-6-8-19(18)15-20/h5-10,15-17H,4,11-14H2,1-3H3,(H,24,27). The molecule has 0 saturated heterocycles. The van der Waals surface area contributed by atoms with Crippen molar-refractivity contribution >= 4 is 28.8 Å². The van der Waals surface area contributed by atoms with Crippen LogP contribution in [0.3, 0.4) is 0 Å². The highest BCUT2D eigenvalue weighted by atomic mass is 16.6. The number of benzene rings is 2. The number of amides is 1. The molecule has 30 heavy (non-hydrogen) atoms. The van der Waals surface area contributed by atoms with Gasteiger partial charge in [0, 0.05) is 6.42 Å². The number of rotatable bonds is 10. The molecule has 162 valence electrons. The van der Waals surface area contributed by atoms with E-state index < -0.39 is 18.2 Å². The zero-order chi connectivity index (χ0) is 21.9. The summed E-state index contributed by atoms with van der Waals surface area (Å²) < 4.78 is 15.5. The Labute approximate surface area is 176 Å². The predicted octanol–water partition coefficient (Wildman–Crippen LogP) is 4.09. The number of carbonyl (C=O) groups excluding carboxylic acids is 3. The van der Waals surface area contributed by atoms with Crippen molar-refractivity contribution in [3.8, 4) is 0 Å². The summed E-state index contributed by atoms with van der Waals surface area (Å²) in [6, 6.07) is 13.2. The van der Waals surface area contributed by atoms with Crippen LogP contribution in [0.2, 0.25) is 0 Å². The molecule has 0 aliphatic rings. The highest BCUT2D eigenvalue weighted by Crippen LogP contribution is 2.16. The van der Waals surface area contributed by atoms with Crippen molar-refractivity contribution in [1.29, 1.82) is 0 Å². The molecule has 0 aliphatic carbocycles. The number of nitrogens with one attached hydrogen (secondary N) is 1. The van der Waals surface area contributed by atoms with Crippen LogP contribution in [-0.4, -0.2) is 43.9 Å². The maximum absolute atomic E-state index is 12.2. The van der Waals surface area contributed by atoms with Gasteiger partial charge in [0.2, 0.25) is 0 Å². The van der Waals surface area contributed by atoms with Crippen LogP contribution in [0, 0.1) is 5.92 Å². The van der Waals surface area contributed by atoms with Crippen molar-refractivity contribution in [3.05, 3.63) is 48.0 Å². The maximum Gasteiger partial charge on any atom is 0.407 e. The number of carbonyl (C=O) groups is 3. The van der Waals surface area contributed by atoms with Gasteiger partial charge in [-0.1, -0.05) is 44.2 Å². The number of ether oxygens (including phenoxy) is 3. The quantitative estimate of drug-likeness (QED) is 0.357. The Balaban J connectivity index is 1.64. The van der Waals surface area contributed by atoms with Gasteiger partial charge >= 0.3 is 18.0 Å². The molecule has 0 fully saturated rings. The van der Waals surface area contributed by atoms with Crippen LogP contribution in [0.1, 0.15) is 44.0 Å². The molecule has 0 spiro atoms. The summed E-state index contributed by atoms with van der Waals surface area (Å²) in [5.41, 5.74) is 0.479. The van der Waals surface area contributed by atoms with Crippen molar-refractivity contribution in [1.82, 2.24) is 5.32 Å². The van der Waals surface area contributed by atoms with Gasteiger partial charge < -0.3 is 19.5 Å². The van der Waals surface area contributed by atoms with E-state index in [2.05, 4.69) is 5.32 Å². The van der Waals surface area contributed by atoms with Gasteiger partial charge in [-0.2, -0.15) is 0 Å². The molecule has 0 aromatic heterocycles. The minimum absolute atomic E-state index is 0.0933. The molecule has 0 bridgehead atoms. The Morgan fingerprint density at radius 3 is 2.43 bits per heavy atom. The molecule has 2 aromatic carbocycles. The van der Waals surface area contributed by atoms with E-state index in [0.29, 0.717) is 18.4 Å². The van der Waals surface area contributed by atoms with Crippen molar-refractivity contribution < 1.29 is 28.6 Å². The molecule has 0 heterocycles. The molecule has 2 atom stereocenters. The van der Waals surface area contributed by atoms with Gasteiger partial charge in [-0.3, -0.25) is 4.79 Å². The summed E-state index contributed by atoms with van der Waals surface area (Å²) >= 11 is 0. The van der Waals surface area contributed by atoms with Gasteiger partial charge in [-0.05, 0) is 36.2 Å². The second-order valence-electron chi connectivity index (χ2n) is 7.11. The molecule has 7 nitrogen and oxygen atoms in total. The Morgan fingerprint density at radius 1 is 0.967 bits per heavy atom. The minimum Gasteiger partial charge on any atom is -0.464 e. The first kappa shape index (κ1) is 23.2. The lowest BCUT2D eigenvalue weighted by atomic mass is 10.1. The second-order valence-corrected chi connectivity index (χ2v) is 7.11. The summed E-state index contributed by atoms with van der Waals surface area (Å²) in [6.45, 7) is 5.81. The molecule has 0 saturated carbocycles. The highest BCUT2D eigenvalue weighted by Gasteiger charge is 2.14. The van der Waals surface area contributed by atoms with E-state index in [1.165, 1.54) is 0 Å². The lowest BCUT2D eigenvalue weighted by molar-refractivity contribution is -0.147. The molecule has 1 N–H and O–H groups in total. The number of alkyl carbamates (subject to hydrolysis) is 1. The predicted molar refractivity (Wildman–Crippen MR) is 113 cm³/mol. The lowest BCUT2D eigenvalue weighted by Gasteiger charge is -2.14. The summed E-state index contributed by atoms with van der Waals surface area (Å²) in [7, 11) is 0. The van der Waals surface area contributed by atoms with E-state index in [4.69, 9.17) is 14.2 Å². The highest BCUT2D eigenvalue weighted by molar-refractivity contribution is 5.95. The van der Waals surface area contributed by atoms with Crippen molar-refractivity contribution in [3.63, 3.8) is 0 Å². The van der Waals surface area contributed by atoms with Crippen LogP contribution < -0.4 is 5.32 Å². The molecule has 0 radical (unpaired) electrons. The third kappa shape index (κ3) is 7.39. The van der Waals surface area contributed by atoms with Crippen LogP contribution >= 0.6 is 0 Å². The first-order valence-electron chi connectivity index (χ1n) is 10.2. The van der Waals surface area contributed by atoms with Gasteiger partial charge in [0.15, 0.2) is 0 Å². The van der Waals surface area contributed by atoms with E-state index >= 15 is 0 Å². The van der Waals surface area contributed by atoms with Crippen LogP contribution in [0.5, 0.6) is 0 Å². The summed E-state index contributed by atoms with van der Waals surface area (Å²) in [5.74, 6) is -0.857. The van der Waals surface area contributed by atoms with Crippen molar-refractivity contribution in [2.75, 3.05) is 19.8 Å². The Morgan fingerprint density at radius 2 is 1.70 bits per heavy atom. The second kappa shape index (κ2) is 11.8. The third-order valence-corrected chi connectivity index (χ3v) is 4.68. The van der Waals surface area contributed by atoms with Gasteiger partial charge in [-0.15, -0.1) is 0 Å². The molecule has 2 aromatic rings. The SMILES string of the molecule is CCC(C)C(=O)OCCNC(=O)OC(C)CCOC(=O)c1ccc2ccccc2c1. The fraction of sp³-hybridized carbons (Fsp3) is 0.435. The van der Waals surface area contributed by atoms with Gasteiger partial charge in [0.05, 0.1) is 24.6 Å². The van der Waals surface area contributed by atoms with Crippen LogP contribution in [0.4, 0.5) is 4.79 Å². The Bertz CT molecular complexity index is 866. The molecular formula is C23H29NO6. The van der Waals surface area contributed by atoms with Crippen LogP contribution in [-0.2, 0) is 19.0 Å². The zero-order valence-electron chi connectivity index (χ0n) is 17.7. The molecule has 0 aliphatic heterocycles. The zero-order valence-corrected chi connectivity index (χ0v) is 17.7. The molecular weight excluding hydrogens is 386 g/mol. The first-order valence-corrected chi connectivity index (χ1v) is 10.2. The molecule has 1 amide bonds. The first-order chi connectivity index (χ1) is 14.4. The van der Waals surface area contributed by atoms with E-state index in [9.17, 15) is 14.4 Å². The normalized spacial score (nSPS) is 12.6. The summed E-state index contributed by atoms with van der Waals surface area (Å²) in [5, 5.41) is 4.54. The molecule has 2 rings (SSSR count). The molecule has 2 unspecified atom stereocenters. The number of esters is 2. The third-order valence-electron chi connectivity index (χ3n) is 4.68. The lowest BCUT2D eigenvalue weighted by Crippen LogP contribution is -2.32. The van der Waals surface area contributed by atoms with Crippen LogP contribution in [0.25, 0.3) is 10.8 Å². The summed E-state index contributed by atoms with van der Waals surface area (Å²) in [4.78, 5) is 35.5. The van der Waals surface area contributed by atoms with E-state index in [-0.39, 0.29) is 31.6 Å². The number of fused-ring (bicyclic) bond motifs is 1. The topological polar surface area (TPSA) is 90.9 Å².